The Balaban J connectivity index is 2.69. The summed E-state index contributed by atoms with van der Waals surface area (Å²) < 4.78 is 11.4. The summed E-state index contributed by atoms with van der Waals surface area (Å²) in [4.78, 5) is 6.08. The summed E-state index contributed by atoms with van der Waals surface area (Å²) in [6.07, 6.45) is 4.28. The SMILES string of the molecule is CCCC[C@](C)(C[C@@H]1CCO[C@H]1O)OO[Si](CC)(CC)CC. The van der Waals surface area contributed by atoms with Crippen LogP contribution >= 0.6 is 0 Å². The lowest BCUT2D eigenvalue weighted by Crippen LogP contribution is -2.42. The van der Waals surface area contributed by atoms with Gasteiger partial charge in [0.2, 0.25) is 8.32 Å². The zero-order valence-corrected chi connectivity index (χ0v) is 16.2. The number of ether oxygens (including phenoxy) is 1. The van der Waals surface area contributed by atoms with Gasteiger partial charge in [-0.25, -0.2) is 4.89 Å². The number of rotatable bonds is 11. The van der Waals surface area contributed by atoms with Gasteiger partial charge in [0.05, 0.1) is 12.2 Å². The van der Waals surface area contributed by atoms with E-state index in [1.54, 1.807) is 0 Å². The lowest BCUT2D eigenvalue weighted by atomic mass is 9.87. The monoisotopic (exact) mass is 332 g/mol. The lowest BCUT2D eigenvalue weighted by molar-refractivity contribution is -0.307. The third-order valence-corrected chi connectivity index (χ3v) is 9.59. The van der Waals surface area contributed by atoms with E-state index in [2.05, 4.69) is 34.6 Å². The molecule has 0 aliphatic carbocycles. The Morgan fingerprint density at radius 1 is 1.18 bits per heavy atom. The van der Waals surface area contributed by atoms with Crippen molar-refractivity contribution in [2.24, 2.45) is 5.92 Å². The molecule has 1 heterocycles. The van der Waals surface area contributed by atoms with Crippen LogP contribution in [0.2, 0.25) is 18.1 Å². The molecule has 0 radical (unpaired) electrons. The van der Waals surface area contributed by atoms with Gasteiger partial charge in [0.25, 0.3) is 0 Å². The van der Waals surface area contributed by atoms with Gasteiger partial charge in [0.1, 0.15) is 0 Å². The number of aliphatic hydroxyl groups excluding tert-OH is 1. The molecule has 132 valence electrons. The topological polar surface area (TPSA) is 47.9 Å². The molecule has 1 rings (SSSR count). The molecule has 1 aliphatic rings. The second-order valence-corrected chi connectivity index (χ2v) is 11.6. The maximum absolute atomic E-state index is 9.93. The second-order valence-electron chi connectivity index (χ2n) is 6.98. The van der Waals surface area contributed by atoms with Crippen LogP contribution in [0.1, 0.15) is 66.7 Å². The summed E-state index contributed by atoms with van der Waals surface area (Å²) in [7, 11) is -1.76. The molecule has 3 atom stereocenters. The van der Waals surface area contributed by atoms with Gasteiger partial charge < -0.3 is 9.84 Å². The highest BCUT2D eigenvalue weighted by Gasteiger charge is 2.39. The Morgan fingerprint density at radius 3 is 2.27 bits per heavy atom. The van der Waals surface area contributed by atoms with Crippen molar-refractivity contribution in [1.82, 2.24) is 0 Å². The molecule has 0 aromatic heterocycles. The van der Waals surface area contributed by atoms with Crippen molar-refractivity contribution >= 4 is 8.32 Å². The average molecular weight is 333 g/mol. The zero-order valence-electron chi connectivity index (χ0n) is 15.2. The van der Waals surface area contributed by atoms with Crippen LogP contribution in [0.15, 0.2) is 0 Å². The van der Waals surface area contributed by atoms with E-state index in [9.17, 15) is 5.11 Å². The van der Waals surface area contributed by atoms with Gasteiger partial charge in [-0.2, -0.15) is 0 Å². The molecule has 5 heteroatoms. The second kappa shape index (κ2) is 9.38. The lowest BCUT2D eigenvalue weighted by Gasteiger charge is -2.36. The van der Waals surface area contributed by atoms with Gasteiger partial charge in [-0.3, -0.25) is 4.58 Å². The largest absolute Gasteiger partial charge is 0.368 e. The van der Waals surface area contributed by atoms with Crippen molar-refractivity contribution in [2.75, 3.05) is 6.61 Å². The normalized spacial score (nSPS) is 25.4. The Morgan fingerprint density at radius 2 is 1.82 bits per heavy atom. The van der Waals surface area contributed by atoms with Crippen molar-refractivity contribution < 1.29 is 19.3 Å². The summed E-state index contributed by atoms with van der Waals surface area (Å²) >= 11 is 0. The van der Waals surface area contributed by atoms with Crippen LogP contribution in [-0.4, -0.2) is 31.9 Å². The maximum Gasteiger partial charge on any atom is 0.238 e. The Kier molecular flexibility index (Phi) is 8.57. The highest BCUT2D eigenvalue weighted by Crippen LogP contribution is 2.35. The summed E-state index contributed by atoms with van der Waals surface area (Å²) in [6, 6.07) is 3.25. The van der Waals surface area contributed by atoms with Crippen LogP contribution in [-0.2, 0) is 14.2 Å². The first-order valence-electron chi connectivity index (χ1n) is 9.10. The number of unbranched alkanes of at least 4 members (excludes halogenated alkanes) is 1. The summed E-state index contributed by atoms with van der Waals surface area (Å²) in [6.45, 7) is 11.6. The average Bonchev–Trinajstić information content (AvgIpc) is 2.92. The van der Waals surface area contributed by atoms with E-state index in [4.69, 9.17) is 14.2 Å². The van der Waals surface area contributed by atoms with Crippen molar-refractivity contribution in [3.63, 3.8) is 0 Å². The molecule has 4 nitrogen and oxygen atoms in total. The molecular weight excluding hydrogens is 296 g/mol. The zero-order chi connectivity index (χ0) is 16.6. The molecule has 1 aliphatic heterocycles. The minimum absolute atomic E-state index is 0.159. The fraction of sp³-hybridized carbons (Fsp3) is 1.00. The first-order valence-corrected chi connectivity index (χ1v) is 11.6. The smallest absolute Gasteiger partial charge is 0.238 e. The van der Waals surface area contributed by atoms with E-state index in [-0.39, 0.29) is 11.5 Å². The van der Waals surface area contributed by atoms with Gasteiger partial charge in [-0.05, 0) is 44.3 Å². The molecular formula is C17H36O4Si. The third kappa shape index (κ3) is 5.60. The van der Waals surface area contributed by atoms with Crippen LogP contribution < -0.4 is 0 Å². The molecule has 0 aromatic rings. The van der Waals surface area contributed by atoms with Gasteiger partial charge in [0, 0.05) is 5.92 Å². The number of hydrogen-bond donors (Lipinski definition) is 1. The molecule has 0 unspecified atom stereocenters. The molecule has 0 amide bonds. The van der Waals surface area contributed by atoms with E-state index in [0.717, 1.165) is 50.2 Å². The molecule has 0 saturated carbocycles. The van der Waals surface area contributed by atoms with Gasteiger partial charge in [-0.15, -0.1) is 0 Å². The van der Waals surface area contributed by atoms with E-state index in [1.165, 1.54) is 0 Å². The number of hydrogen-bond acceptors (Lipinski definition) is 4. The van der Waals surface area contributed by atoms with Crippen LogP contribution in [0, 0.1) is 5.92 Å². The first kappa shape index (κ1) is 20.1. The Bertz CT molecular complexity index is 301. The van der Waals surface area contributed by atoms with Crippen LogP contribution in [0.25, 0.3) is 0 Å². The molecule has 22 heavy (non-hydrogen) atoms. The predicted molar refractivity (Wildman–Crippen MR) is 92.0 cm³/mol. The molecule has 0 aromatic carbocycles. The first-order chi connectivity index (χ1) is 10.4. The maximum atomic E-state index is 9.93. The molecule has 1 N–H and O–H groups in total. The standard InChI is InChI=1S/C17H36O4Si/c1-6-10-12-17(5,14-15-11-13-19-16(15)18)20-21-22(7-2,8-3)9-4/h15-16,18H,6-14H2,1-5H3/t15-,16+,17+/m0/s1. The van der Waals surface area contributed by atoms with Crippen LogP contribution in [0.3, 0.4) is 0 Å². The van der Waals surface area contributed by atoms with E-state index in [0.29, 0.717) is 6.61 Å². The molecule has 0 bridgehead atoms. The molecule has 1 saturated heterocycles. The van der Waals surface area contributed by atoms with Gasteiger partial charge >= 0.3 is 0 Å². The van der Waals surface area contributed by atoms with Crippen molar-refractivity contribution in [2.45, 2.75) is 96.7 Å². The fourth-order valence-electron chi connectivity index (χ4n) is 3.22. The fourth-order valence-corrected chi connectivity index (χ4v) is 5.45. The Hall–Kier alpha value is 0.0569. The van der Waals surface area contributed by atoms with Crippen LogP contribution in [0.5, 0.6) is 0 Å². The van der Waals surface area contributed by atoms with Crippen LogP contribution in [0.4, 0.5) is 0 Å². The highest BCUT2D eigenvalue weighted by molar-refractivity contribution is 6.73. The predicted octanol–water partition coefficient (Wildman–Crippen LogP) is 4.63. The summed E-state index contributed by atoms with van der Waals surface area (Å²) in [5.41, 5.74) is -0.326. The van der Waals surface area contributed by atoms with Crippen molar-refractivity contribution in [3.05, 3.63) is 0 Å². The van der Waals surface area contributed by atoms with E-state index < -0.39 is 14.6 Å². The summed E-state index contributed by atoms with van der Waals surface area (Å²) in [5, 5.41) is 9.93. The van der Waals surface area contributed by atoms with Crippen molar-refractivity contribution in [1.29, 1.82) is 0 Å². The molecule has 0 spiro atoms. The van der Waals surface area contributed by atoms with Crippen molar-refractivity contribution in [3.8, 4) is 0 Å². The van der Waals surface area contributed by atoms with Gasteiger partial charge in [0.15, 0.2) is 6.29 Å². The van der Waals surface area contributed by atoms with E-state index >= 15 is 0 Å². The summed E-state index contributed by atoms with van der Waals surface area (Å²) in [5.74, 6) is 0.159. The third-order valence-electron chi connectivity index (χ3n) is 5.29. The molecule has 1 fully saturated rings. The van der Waals surface area contributed by atoms with E-state index in [1.807, 2.05) is 0 Å². The quantitative estimate of drug-likeness (QED) is 0.340. The highest BCUT2D eigenvalue weighted by atomic mass is 28.4. The minimum atomic E-state index is -1.76. The Labute approximate surface area is 137 Å². The minimum Gasteiger partial charge on any atom is -0.368 e. The number of aliphatic hydroxyl groups is 1. The van der Waals surface area contributed by atoms with Gasteiger partial charge in [-0.1, -0.05) is 40.5 Å².